The normalized spacial score (nSPS) is 39.9. The van der Waals surface area contributed by atoms with E-state index in [1.807, 2.05) is 0 Å². The van der Waals surface area contributed by atoms with E-state index >= 15 is 0 Å². The molecule has 0 bridgehead atoms. The fourth-order valence-electron chi connectivity index (χ4n) is 4.69. The van der Waals surface area contributed by atoms with Crippen molar-refractivity contribution in [3.63, 3.8) is 0 Å². The second kappa shape index (κ2) is 6.33. The Bertz CT molecular complexity index is 314. The van der Waals surface area contributed by atoms with Gasteiger partial charge in [0.2, 0.25) is 0 Å². The standard InChI is InChI=1S/C17H31NO2/c1-3-19-16-11-15(17(16)8-5-4-6-9-17)18-12-14-7-10-20-13(14)2/h13-16,18H,3-12H2,1-2H3. The number of hydrogen-bond donors (Lipinski definition) is 1. The Morgan fingerprint density at radius 1 is 1.25 bits per heavy atom. The molecule has 2 aliphatic carbocycles. The fraction of sp³-hybridized carbons (Fsp3) is 1.00. The molecule has 4 unspecified atom stereocenters. The van der Waals surface area contributed by atoms with E-state index in [0.717, 1.165) is 19.8 Å². The summed E-state index contributed by atoms with van der Waals surface area (Å²) >= 11 is 0. The first-order valence-electron chi connectivity index (χ1n) is 8.73. The lowest BCUT2D eigenvalue weighted by Crippen LogP contribution is -2.65. The number of rotatable bonds is 5. The summed E-state index contributed by atoms with van der Waals surface area (Å²) in [7, 11) is 0. The topological polar surface area (TPSA) is 30.5 Å². The van der Waals surface area contributed by atoms with Crippen LogP contribution >= 0.6 is 0 Å². The maximum absolute atomic E-state index is 6.03. The Hall–Kier alpha value is -0.120. The summed E-state index contributed by atoms with van der Waals surface area (Å²) in [6.45, 7) is 7.30. The molecule has 0 amide bonds. The van der Waals surface area contributed by atoms with Crippen LogP contribution in [0, 0.1) is 11.3 Å². The van der Waals surface area contributed by atoms with Gasteiger partial charge in [-0.2, -0.15) is 0 Å². The van der Waals surface area contributed by atoms with Crippen LogP contribution in [0.4, 0.5) is 0 Å². The summed E-state index contributed by atoms with van der Waals surface area (Å²) in [5.74, 6) is 0.710. The lowest BCUT2D eigenvalue weighted by atomic mass is 9.55. The van der Waals surface area contributed by atoms with Gasteiger partial charge < -0.3 is 14.8 Å². The van der Waals surface area contributed by atoms with Crippen molar-refractivity contribution in [1.29, 1.82) is 0 Å². The van der Waals surface area contributed by atoms with Crippen molar-refractivity contribution >= 4 is 0 Å². The molecule has 3 nitrogen and oxygen atoms in total. The molecule has 0 aromatic carbocycles. The quantitative estimate of drug-likeness (QED) is 0.840. The molecule has 1 saturated heterocycles. The van der Waals surface area contributed by atoms with Gasteiger partial charge in [-0.1, -0.05) is 19.3 Å². The van der Waals surface area contributed by atoms with Gasteiger partial charge in [-0.25, -0.2) is 0 Å². The molecule has 4 atom stereocenters. The van der Waals surface area contributed by atoms with E-state index in [-0.39, 0.29) is 0 Å². The second-order valence-electron chi connectivity index (χ2n) is 7.06. The highest BCUT2D eigenvalue weighted by atomic mass is 16.5. The Balaban J connectivity index is 1.55. The van der Waals surface area contributed by atoms with Crippen LogP contribution in [0.25, 0.3) is 0 Å². The number of hydrogen-bond acceptors (Lipinski definition) is 3. The highest BCUT2D eigenvalue weighted by molar-refractivity contribution is 5.09. The Labute approximate surface area is 123 Å². The molecule has 1 heterocycles. The molecule has 1 aliphatic heterocycles. The maximum atomic E-state index is 6.03. The lowest BCUT2D eigenvalue weighted by molar-refractivity contribution is -0.150. The third-order valence-corrected chi connectivity index (χ3v) is 6.10. The molecule has 116 valence electrons. The second-order valence-corrected chi connectivity index (χ2v) is 7.06. The molecule has 0 radical (unpaired) electrons. The average molecular weight is 281 g/mol. The van der Waals surface area contributed by atoms with Gasteiger partial charge in [0.25, 0.3) is 0 Å². The third-order valence-electron chi connectivity index (χ3n) is 6.10. The summed E-state index contributed by atoms with van der Waals surface area (Å²) in [4.78, 5) is 0. The summed E-state index contributed by atoms with van der Waals surface area (Å²) in [6.07, 6.45) is 10.3. The van der Waals surface area contributed by atoms with Crippen molar-refractivity contribution in [3.05, 3.63) is 0 Å². The first-order valence-corrected chi connectivity index (χ1v) is 8.73. The largest absolute Gasteiger partial charge is 0.378 e. The molecule has 3 heteroatoms. The van der Waals surface area contributed by atoms with Crippen molar-refractivity contribution in [2.75, 3.05) is 19.8 Å². The molecular weight excluding hydrogens is 250 g/mol. The van der Waals surface area contributed by atoms with Crippen LogP contribution in [0.2, 0.25) is 0 Å². The number of ether oxygens (including phenoxy) is 2. The molecule has 3 aliphatic rings. The van der Waals surface area contributed by atoms with Gasteiger partial charge in [0, 0.05) is 31.2 Å². The predicted molar refractivity (Wildman–Crippen MR) is 80.9 cm³/mol. The molecule has 3 fully saturated rings. The monoisotopic (exact) mass is 281 g/mol. The van der Waals surface area contributed by atoms with Gasteiger partial charge in [-0.05, 0) is 45.4 Å². The SMILES string of the molecule is CCOC1CC(NCC2CCOC2C)C12CCCCC2. The summed E-state index contributed by atoms with van der Waals surface area (Å²) < 4.78 is 11.7. The van der Waals surface area contributed by atoms with E-state index in [1.54, 1.807) is 0 Å². The van der Waals surface area contributed by atoms with Crippen molar-refractivity contribution in [3.8, 4) is 0 Å². The van der Waals surface area contributed by atoms with Crippen molar-refractivity contribution in [2.45, 2.75) is 77.0 Å². The lowest BCUT2D eigenvalue weighted by Gasteiger charge is -2.58. The Morgan fingerprint density at radius 2 is 2.05 bits per heavy atom. The van der Waals surface area contributed by atoms with Crippen LogP contribution in [0.3, 0.4) is 0 Å². The summed E-state index contributed by atoms with van der Waals surface area (Å²) in [6, 6.07) is 0.687. The molecular formula is C17H31NO2. The van der Waals surface area contributed by atoms with Gasteiger partial charge in [0.1, 0.15) is 0 Å². The highest BCUT2D eigenvalue weighted by Crippen LogP contribution is 2.53. The average Bonchev–Trinajstić information content (AvgIpc) is 2.88. The van der Waals surface area contributed by atoms with Gasteiger partial charge >= 0.3 is 0 Å². The minimum absolute atomic E-state index is 0.438. The van der Waals surface area contributed by atoms with Gasteiger partial charge in [-0.3, -0.25) is 0 Å². The van der Waals surface area contributed by atoms with Crippen LogP contribution in [-0.4, -0.2) is 38.0 Å². The van der Waals surface area contributed by atoms with E-state index in [0.29, 0.717) is 29.6 Å². The predicted octanol–water partition coefficient (Wildman–Crippen LogP) is 3.13. The van der Waals surface area contributed by atoms with E-state index in [4.69, 9.17) is 9.47 Å². The van der Waals surface area contributed by atoms with Crippen LogP contribution in [0.15, 0.2) is 0 Å². The van der Waals surface area contributed by atoms with Crippen molar-refractivity contribution < 1.29 is 9.47 Å². The van der Waals surface area contributed by atoms with E-state index < -0.39 is 0 Å². The van der Waals surface area contributed by atoms with Crippen LogP contribution in [0.5, 0.6) is 0 Å². The first-order chi connectivity index (χ1) is 9.76. The number of nitrogens with one attached hydrogen (secondary N) is 1. The Morgan fingerprint density at radius 3 is 2.70 bits per heavy atom. The van der Waals surface area contributed by atoms with Crippen molar-refractivity contribution in [2.24, 2.45) is 11.3 Å². The zero-order valence-corrected chi connectivity index (χ0v) is 13.2. The van der Waals surface area contributed by atoms with Gasteiger partial charge in [0.05, 0.1) is 12.2 Å². The van der Waals surface area contributed by atoms with Crippen LogP contribution in [0.1, 0.15) is 58.8 Å². The van der Waals surface area contributed by atoms with E-state index in [2.05, 4.69) is 19.2 Å². The Kier molecular flexibility index (Phi) is 4.68. The minimum atomic E-state index is 0.438. The van der Waals surface area contributed by atoms with Crippen LogP contribution < -0.4 is 5.32 Å². The van der Waals surface area contributed by atoms with Crippen molar-refractivity contribution in [1.82, 2.24) is 5.32 Å². The fourth-order valence-corrected chi connectivity index (χ4v) is 4.69. The summed E-state index contributed by atoms with van der Waals surface area (Å²) in [5, 5.41) is 3.88. The highest BCUT2D eigenvalue weighted by Gasteiger charge is 2.55. The van der Waals surface area contributed by atoms with E-state index in [1.165, 1.54) is 44.9 Å². The smallest absolute Gasteiger partial charge is 0.0661 e. The zero-order chi connectivity index (χ0) is 14.0. The van der Waals surface area contributed by atoms with Gasteiger partial charge in [-0.15, -0.1) is 0 Å². The van der Waals surface area contributed by atoms with Crippen LogP contribution in [-0.2, 0) is 9.47 Å². The summed E-state index contributed by atoms with van der Waals surface area (Å²) in [5.41, 5.74) is 0.455. The molecule has 2 saturated carbocycles. The molecule has 1 spiro atoms. The first kappa shape index (κ1) is 14.8. The minimum Gasteiger partial charge on any atom is -0.378 e. The molecule has 1 N–H and O–H groups in total. The molecule has 20 heavy (non-hydrogen) atoms. The molecule has 3 rings (SSSR count). The molecule has 0 aromatic heterocycles. The molecule has 0 aromatic rings. The maximum Gasteiger partial charge on any atom is 0.0661 e. The van der Waals surface area contributed by atoms with Gasteiger partial charge in [0.15, 0.2) is 0 Å². The van der Waals surface area contributed by atoms with E-state index in [9.17, 15) is 0 Å². The third kappa shape index (κ3) is 2.65. The zero-order valence-electron chi connectivity index (χ0n) is 13.2.